The Morgan fingerprint density at radius 3 is 2.13 bits per heavy atom. The number of aromatic nitrogens is 1. The average Bonchev–Trinajstić information content (AvgIpc) is 2.01. The largest absolute Gasteiger partial charge is 2.00 e. The van der Waals surface area contributed by atoms with Gasteiger partial charge in [0.2, 0.25) is 0 Å². The minimum atomic E-state index is -4.63. The molecule has 0 spiro atoms. The van der Waals surface area contributed by atoms with Crippen LogP contribution in [-0.4, -0.2) is 55.7 Å². The van der Waals surface area contributed by atoms with Crippen molar-refractivity contribution >= 4 is 47.9 Å². The molecule has 1 aromatic rings. The molecular formula is C6H6CaF3NO3S. The van der Waals surface area contributed by atoms with Crippen molar-refractivity contribution < 1.29 is 29.0 Å². The Kier molecular flexibility index (Phi) is 5.00. The number of halogens is 3. The second-order valence-corrected chi connectivity index (χ2v) is 3.77. The molecular weight excluding hydrogens is 263 g/mol. The first-order valence-corrected chi connectivity index (χ1v) is 4.66. The number of alkyl halides is 3. The monoisotopic (exact) mass is 269 g/mol. The van der Waals surface area contributed by atoms with E-state index >= 15 is 0 Å². The minimum Gasteiger partial charge on any atom is -1.00 e. The van der Waals surface area contributed by atoms with Gasteiger partial charge in [0, 0.05) is 6.20 Å². The van der Waals surface area contributed by atoms with Crippen LogP contribution < -0.4 is 0 Å². The molecule has 9 heteroatoms. The Morgan fingerprint density at radius 2 is 1.87 bits per heavy atom. The molecule has 0 bridgehead atoms. The Morgan fingerprint density at radius 1 is 1.33 bits per heavy atom. The van der Waals surface area contributed by atoms with E-state index in [1.165, 1.54) is 0 Å². The van der Waals surface area contributed by atoms with Crippen LogP contribution in [0.25, 0.3) is 0 Å². The summed E-state index contributed by atoms with van der Waals surface area (Å²) in [6.45, 7) is 0. The maximum Gasteiger partial charge on any atom is 2.00 e. The van der Waals surface area contributed by atoms with E-state index < -0.39 is 26.9 Å². The van der Waals surface area contributed by atoms with Crippen molar-refractivity contribution in [1.82, 2.24) is 4.98 Å². The van der Waals surface area contributed by atoms with Crippen LogP contribution in [0.5, 0.6) is 0 Å². The van der Waals surface area contributed by atoms with Gasteiger partial charge in [0.05, 0.1) is 0 Å². The molecule has 0 aliphatic carbocycles. The van der Waals surface area contributed by atoms with Crippen LogP contribution in [0.3, 0.4) is 0 Å². The molecule has 1 rings (SSSR count). The van der Waals surface area contributed by atoms with E-state index in [0.29, 0.717) is 18.3 Å². The van der Waals surface area contributed by atoms with E-state index in [1.54, 1.807) is 0 Å². The van der Waals surface area contributed by atoms with E-state index in [2.05, 4.69) is 4.98 Å². The standard InChI is InChI=1S/C6H4F3NO3S.Ca.2H/c7-6(8,9)5-2-1-4(3-10-5)14(11,12)13;;;/h1-3H,(H,11,12,13);;;/q;+2;2*-1. The smallest absolute Gasteiger partial charge is 1.00 e. The SMILES string of the molecule is O=S(=O)(O)c1ccc(C(F)(F)F)nc1.[Ca+2].[H-].[H-]. The molecule has 0 saturated heterocycles. The molecule has 0 radical (unpaired) electrons. The Bertz CT molecular complexity index is 437. The minimum absolute atomic E-state index is 0. The van der Waals surface area contributed by atoms with Crippen LogP contribution in [0.2, 0.25) is 0 Å². The van der Waals surface area contributed by atoms with Crippen molar-refractivity contribution in [2.24, 2.45) is 0 Å². The third-order valence-electron chi connectivity index (χ3n) is 1.32. The van der Waals surface area contributed by atoms with Gasteiger partial charge in [0.15, 0.2) is 0 Å². The van der Waals surface area contributed by atoms with Crippen molar-refractivity contribution in [3.8, 4) is 0 Å². The summed E-state index contributed by atoms with van der Waals surface area (Å²) in [5.41, 5.74) is -1.22. The van der Waals surface area contributed by atoms with Crippen molar-refractivity contribution in [3.05, 3.63) is 24.0 Å². The van der Waals surface area contributed by atoms with Gasteiger partial charge in [-0.2, -0.15) is 21.6 Å². The molecule has 0 aromatic carbocycles. The summed E-state index contributed by atoms with van der Waals surface area (Å²) in [7, 11) is -4.49. The fourth-order valence-corrected chi connectivity index (χ4v) is 1.13. The normalized spacial score (nSPS) is 12.0. The molecule has 1 heterocycles. The van der Waals surface area contributed by atoms with Gasteiger partial charge < -0.3 is 2.85 Å². The quantitative estimate of drug-likeness (QED) is 0.614. The van der Waals surface area contributed by atoms with Gasteiger partial charge in [-0.1, -0.05) is 0 Å². The van der Waals surface area contributed by atoms with Gasteiger partial charge >= 0.3 is 43.9 Å². The summed E-state index contributed by atoms with van der Waals surface area (Å²) in [4.78, 5) is 2.18. The Hall–Kier alpha value is 0.110. The van der Waals surface area contributed by atoms with Gasteiger partial charge in [-0.3, -0.25) is 9.54 Å². The van der Waals surface area contributed by atoms with E-state index in [4.69, 9.17) is 4.55 Å². The topological polar surface area (TPSA) is 67.3 Å². The Balaban J connectivity index is -0.000000653. The fourth-order valence-electron chi connectivity index (χ4n) is 0.701. The number of nitrogens with zero attached hydrogens (tertiary/aromatic N) is 1. The molecule has 82 valence electrons. The number of hydrogen-bond acceptors (Lipinski definition) is 3. The van der Waals surface area contributed by atoms with Gasteiger partial charge in [0.1, 0.15) is 10.6 Å². The Labute approximate surface area is 116 Å². The molecule has 0 aliphatic rings. The van der Waals surface area contributed by atoms with Crippen LogP contribution in [0, 0.1) is 0 Å². The molecule has 0 saturated carbocycles. The molecule has 0 atom stereocenters. The van der Waals surface area contributed by atoms with Gasteiger partial charge in [-0.25, -0.2) is 0 Å². The van der Waals surface area contributed by atoms with Crippen molar-refractivity contribution in [1.29, 1.82) is 0 Å². The predicted octanol–water partition coefficient (Wildman–Crippen LogP) is 1.19. The van der Waals surface area contributed by atoms with Crippen LogP contribution in [0.15, 0.2) is 23.2 Å². The zero-order chi connectivity index (χ0) is 11.0. The summed E-state index contributed by atoms with van der Waals surface area (Å²) >= 11 is 0. The number of rotatable bonds is 1. The first-order valence-electron chi connectivity index (χ1n) is 3.22. The summed E-state index contributed by atoms with van der Waals surface area (Å²) in [6.07, 6.45) is -4.18. The molecule has 1 aromatic heterocycles. The zero-order valence-corrected chi connectivity index (χ0v) is 10.2. The van der Waals surface area contributed by atoms with E-state index in [-0.39, 0.29) is 40.6 Å². The van der Waals surface area contributed by atoms with Gasteiger partial charge in [-0.05, 0) is 12.1 Å². The number of pyridine rings is 1. The molecule has 0 amide bonds. The van der Waals surface area contributed by atoms with E-state index in [1.807, 2.05) is 0 Å². The number of hydrogen-bond donors (Lipinski definition) is 1. The molecule has 0 fully saturated rings. The van der Waals surface area contributed by atoms with E-state index in [0.717, 1.165) is 0 Å². The zero-order valence-electron chi connectivity index (χ0n) is 9.19. The van der Waals surface area contributed by atoms with Crippen LogP contribution >= 0.6 is 0 Å². The van der Waals surface area contributed by atoms with Crippen molar-refractivity contribution in [2.75, 3.05) is 0 Å². The predicted molar refractivity (Wildman–Crippen MR) is 47.0 cm³/mol. The maximum absolute atomic E-state index is 11.9. The second kappa shape index (κ2) is 4.96. The molecule has 1 N–H and O–H groups in total. The molecule has 0 aliphatic heterocycles. The molecule has 15 heavy (non-hydrogen) atoms. The average molecular weight is 269 g/mol. The third-order valence-corrected chi connectivity index (χ3v) is 2.16. The van der Waals surface area contributed by atoms with Crippen LogP contribution in [0.1, 0.15) is 8.55 Å². The first-order chi connectivity index (χ1) is 6.21. The second-order valence-electron chi connectivity index (χ2n) is 2.35. The summed E-state index contributed by atoms with van der Waals surface area (Å²) in [6, 6.07) is 1.11. The third kappa shape index (κ3) is 4.23. The fraction of sp³-hybridized carbons (Fsp3) is 0.167. The molecule has 4 nitrogen and oxygen atoms in total. The van der Waals surface area contributed by atoms with Crippen LogP contribution in [-0.2, 0) is 16.3 Å². The van der Waals surface area contributed by atoms with Crippen LogP contribution in [0.4, 0.5) is 13.2 Å². The first kappa shape index (κ1) is 15.1. The van der Waals surface area contributed by atoms with Gasteiger partial charge in [-0.15, -0.1) is 0 Å². The van der Waals surface area contributed by atoms with Crippen molar-refractivity contribution in [2.45, 2.75) is 11.1 Å². The summed E-state index contributed by atoms with van der Waals surface area (Å²) in [5.74, 6) is 0. The van der Waals surface area contributed by atoms with Crippen molar-refractivity contribution in [3.63, 3.8) is 0 Å². The van der Waals surface area contributed by atoms with E-state index in [9.17, 15) is 21.6 Å². The van der Waals surface area contributed by atoms with Gasteiger partial charge in [0.25, 0.3) is 10.1 Å². The summed E-state index contributed by atoms with van der Waals surface area (Å²) < 4.78 is 65.1. The maximum atomic E-state index is 11.9. The summed E-state index contributed by atoms with van der Waals surface area (Å²) in [5, 5.41) is 0. The molecule has 0 unspecified atom stereocenters.